The summed E-state index contributed by atoms with van der Waals surface area (Å²) in [5.74, 6) is 0. The molecule has 1 aliphatic rings. The molecule has 2 N–H and O–H groups in total. The minimum Gasteiger partial charge on any atom is -0.328 e. The van der Waals surface area contributed by atoms with Gasteiger partial charge < -0.3 is 5.73 Å². The van der Waals surface area contributed by atoms with E-state index in [2.05, 4.69) is 5.10 Å². The van der Waals surface area contributed by atoms with E-state index in [1.807, 2.05) is 0 Å². The molecule has 0 unspecified atom stereocenters. The molecule has 0 aliphatic heterocycles. The van der Waals surface area contributed by atoms with Gasteiger partial charge in [0.2, 0.25) is 0 Å². The first-order valence-corrected chi connectivity index (χ1v) is 7.36. The van der Waals surface area contributed by atoms with Crippen LogP contribution in [0.4, 0.5) is 0 Å². The highest BCUT2D eigenvalue weighted by Crippen LogP contribution is 2.27. The Morgan fingerprint density at radius 1 is 1.38 bits per heavy atom. The predicted octanol–water partition coefficient (Wildman–Crippen LogP) is 0.729. The molecule has 0 amide bonds. The summed E-state index contributed by atoms with van der Waals surface area (Å²) in [5.41, 5.74) is 5.82. The zero-order valence-electron chi connectivity index (χ0n) is 9.33. The summed E-state index contributed by atoms with van der Waals surface area (Å²) >= 11 is 0. The highest BCUT2D eigenvalue weighted by molar-refractivity contribution is 7.90. The van der Waals surface area contributed by atoms with Crippen molar-refractivity contribution in [3.63, 3.8) is 0 Å². The molecule has 0 radical (unpaired) electrons. The lowest BCUT2D eigenvalue weighted by Gasteiger charge is -2.26. The standard InChI is InChI=1S/C10H17N3O2S/c1-16(14,15)10-6-12-13(7-10)9-4-2-8(11)3-5-9/h6-9H,2-5,11H2,1H3. The van der Waals surface area contributed by atoms with E-state index in [9.17, 15) is 8.42 Å². The Balaban J connectivity index is 2.14. The second-order valence-electron chi connectivity index (χ2n) is 4.50. The maximum absolute atomic E-state index is 11.3. The molecule has 6 heteroatoms. The summed E-state index contributed by atoms with van der Waals surface area (Å²) in [5, 5.41) is 4.13. The maximum Gasteiger partial charge on any atom is 0.178 e. The number of hydrogen-bond donors (Lipinski definition) is 1. The molecule has 1 aromatic rings. The van der Waals surface area contributed by atoms with Crippen molar-refractivity contribution in [1.82, 2.24) is 9.78 Å². The van der Waals surface area contributed by atoms with E-state index >= 15 is 0 Å². The minimum atomic E-state index is -3.14. The smallest absolute Gasteiger partial charge is 0.178 e. The second kappa shape index (κ2) is 4.18. The predicted molar refractivity (Wildman–Crippen MR) is 60.8 cm³/mol. The molecule has 1 fully saturated rings. The van der Waals surface area contributed by atoms with Gasteiger partial charge in [0, 0.05) is 18.5 Å². The lowest BCUT2D eigenvalue weighted by atomic mass is 9.92. The van der Waals surface area contributed by atoms with Crippen LogP contribution in [-0.4, -0.2) is 30.5 Å². The molecule has 1 saturated carbocycles. The Labute approximate surface area is 95.6 Å². The SMILES string of the molecule is CS(=O)(=O)c1cnn(C2CCC(N)CC2)c1. The van der Waals surface area contributed by atoms with Crippen LogP contribution in [0.15, 0.2) is 17.3 Å². The van der Waals surface area contributed by atoms with E-state index < -0.39 is 9.84 Å². The van der Waals surface area contributed by atoms with Crippen LogP contribution in [0.1, 0.15) is 31.7 Å². The van der Waals surface area contributed by atoms with Crippen molar-refractivity contribution >= 4 is 9.84 Å². The first-order chi connectivity index (χ1) is 7.47. The van der Waals surface area contributed by atoms with Crippen LogP contribution < -0.4 is 5.73 Å². The molecular formula is C10H17N3O2S. The monoisotopic (exact) mass is 243 g/mol. The fourth-order valence-electron chi connectivity index (χ4n) is 2.08. The van der Waals surface area contributed by atoms with Crippen LogP contribution in [0.3, 0.4) is 0 Å². The van der Waals surface area contributed by atoms with Crippen LogP contribution in [0.25, 0.3) is 0 Å². The van der Waals surface area contributed by atoms with Crippen molar-refractivity contribution in [3.05, 3.63) is 12.4 Å². The van der Waals surface area contributed by atoms with Crippen LogP contribution in [0, 0.1) is 0 Å². The highest BCUT2D eigenvalue weighted by Gasteiger charge is 2.21. The van der Waals surface area contributed by atoms with Crippen LogP contribution in [0.5, 0.6) is 0 Å². The van der Waals surface area contributed by atoms with Crippen LogP contribution in [0.2, 0.25) is 0 Å². The molecule has 0 aromatic carbocycles. The van der Waals surface area contributed by atoms with Crippen LogP contribution in [-0.2, 0) is 9.84 Å². The zero-order chi connectivity index (χ0) is 11.8. The molecule has 0 bridgehead atoms. The van der Waals surface area contributed by atoms with Gasteiger partial charge in [0.05, 0.1) is 12.2 Å². The third-order valence-electron chi connectivity index (χ3n) is 3.12. The maximum atomic E-state index is 11.3. The summed E-state index contributed by atoms with van der Waals surface area (Å²) < 4.78 is 24.4. The molecule has 5 nitrogen and oxygen atoms in total. The number of nitrogens with zero attached hydrogens (tertiary/aromatic N) is 2. The molecule has 0 spiro atoms. The number of nitrogens with two attached hydrogens (primary N) is 1. The average Bonchev–Trinajstić information content (AvgIpc) is 2.67. The fourth-order valence-corrected chi connectivity index (χ4v) is 2.62. The number of aromatic nitrogens is 2. The average molecular weight is 243 g/mol. The van der Waals surface area contributed by atoms with Gasteiger partial charge >= 0.3 is 0 Å². The van der Waals surface area contributed by atoms with E-state index in [0.717, 1.165) is 25.7 Å². The van der Waals surface area contributed by atoms with Gasteiger partial charge in [0.1, 0.15) is 4.90 Å². The quantitative estimate of drug-likeness (QED) is 0.830. The third kappa shape index (κ3) is 2.44. The van der Waals surface area contributed by atoms with Crippen molar-refractivity contribution in [2.75, 3.05) is 6.26 Å². The summed E-state index contributed by atoms with van der Waals surface area (Å²) in [7, 11) is -3.14. The summed E-state index contributed by atoms with van der Waals surface area (Å²) in [6.45, 7) is 0. The summed E-state index contributed by atoms with van der Waals surface area (Å²) in [4.78, 5) is 0.294. The van der Waals surface area contributed by atoms with Gasteiger partial charge in [0.25, 0.3) is 0 Å². The van der Waals surface area contributed by atoms with E-state index in [-0.39, 0.29) is 0 Å². The lowest BCUT2D eigenvalue weighted by Crippen LogP contribution is -2.27. The molecule has 0 atom stereocenters. The Morgan fingerprint density at radius 2 is 2.00 bits per heavy atom. The lowest BCUT2D eigenvalue weighted by molar-refractivity contribution is 0.304. The van der Waals surface area contributed by atoms with Crippen molar-refractivity contribution < 1.29 is 8.42 Å². The Hall–Kier alpha value is -0.880. The Bertz CT molecular complexity index is 458. The van der Waals surface area contributed by atoms with Crippen molar-refractivity contribution in [3.8, 4) is 0 Å². The molecule has 1 aromatic heterocycles. The van der Waals surface area contributed by atoms with Crippen LogP contribution >= 0.6 is 0 Å². The summed E-state index contributed by atoms with van der Waals surface area (Å²) in [6, 6.07) is 0.594. The largest absolute Gasteiger partial charge is 0.328 e. The Morgan fingerprint density at radius 3 is 2.50 bits per heavy atom. The van der Waals surface area contributed by atoms with Crippen molar-refractivity contribution in [2.45, 2.75) is 42.7 Å². The first kappa shape index (κ1) is 11.6. The van der Waals surface area contributed by atoms with Crippen molar-refractivity contribution in [2.24, 2.45) is 5.73 Å². The fraction of sp³-hybridized carbons (Fsp3) is 0.700. The molecule has 90 valence electrons. The van der Waals surface area contributed by atoms with Gasteiger partial charge in [-0.2, -0.15) is 5.10 Å². The highest BCUT2D eigenvalue weighted by atomic mass is 32.2. The van der Waals surface area contributed by atoms with Gasteiger partial charge in [-0.1, -0.05) is 0 Å². The van der Waals surface area contributed by atoms with Gasteiger partial charge in [-0.25, -0.2) is 8.42 Å². The molecule has 2 rings (SSSR count). The number of hydrogen-bond acceptors (Lipinski definition) is 4. The second-order valence-corrected chi connectivity index (χ2v) is 6.51. The van der Waals surface area contributed by atoms with E-state index in [1.54, 1.807) is 10.9 Å². The molecule has 1 aliphatic carbocycles. The van der Waals surface area contributed by atoms with Gasteiger partial charge in [-0.3, -0.25) is 4.68 Å². The topological polar surface area (TPSA) is 78.0 Å². The molecule has 16 heavy (non-hydrogen) atoms. The van der Waals surface area contributed by atoms with E-state index in [4.69, 9.17) is 5.73 Å². The zero-order valence-corrected chi connectivity index (χ0v) is 10.2. The third-order valence-corrected chi connectivity index (χ3v) is 4.19. The van der Waals surface area contributed by atoms with Gasteiger partial charge in [-0.05, 0) is 25.7 Å². The normalized spacial score (nSPS) is 26.9. The number of sulfone groups is 1. The van der Waals surface area contributed by atoms with Gasteiger partial charge in [-0.15, -0.1) is 0 Å². The number of rotatable bonds is 2. The Kier molecular flexibility index (Phi) is 3.03. The molecule has 0 saturated heterocycles. The molecular weight excluding hydrogens is 226 g/mol. The summed E-state index contributed by atoms with van der Waals surface area (Å²) in [6.07, 6.45) is 8.17. The van der Waals surface area contributed by atoms with Gasteiger partial charge in [0.15, 0.2) is 9.84 Å². The molecule has 1 heterocycles. The van der Waals surface area contributed by atoms with Crippen molar-refractivity contribution in [1.29, 1.82) is 0 Å². The first-order valence-electron chi connectivity index (χ1n) is 5.46. The van der Waals surface area contributed by atoms with E-state index in [0.29, 0.717) is 17.0 Å². The minimum absolute atomic E-state index is 0.293. The van der Waals surface area contributed by atoms with E-state index in [1.165, 1.54) is 12.5 Å².